The van der Waals surface area contributed by atoms with Crippen molar-refractivity contribution in [2.24, 2.45) is 12.8 Å². The monoisotopic (exact) mass is 339 g/mol. The van der Waals surface area contributed by atoms with Gasteiger partial charge in [0, 0.05) is 30.8 Å². The number of nitrogens with zero attached hydrogens (tertiary/aromatic N) is 2. The highest BCUT2D eigenvalue weighted by molar-refractivity contribution is 5.60. The Bertz CT molecular complexity index is 871. The van der Waals surface area contributed by atoms with E-state index in [9.17, 15) is 4.39 Å². The lowest BCUT2D eigenvalue weighted by Crippen LogP contribution is -2.17. The van der Waals surface area contributed by atoms with E-state index < -0.39 is 0 Å². The van der Waals surface area contributed by atoms with Crippen LogP contribution in [0.4, 0.5) is 4.39 Å². The van der Waals surface area contributed by atoms with Crippen LogP contribution in [0.5, 0.6) is 5.75 Å². The first kappa shape index (κ1) is 17.2. The van der Waals surface area contributed by atoms with Gasteiger partial charge in [0.05, 0.1) is 12.8 Å². The molecule has 0 aliphatic heterocycles. The standard InChI is InChI=1S/C20H22FN3O/c1-13-10-15(6-9-20(13)25-3)17(12-22)19-11-18(23-24(19)2)14-4-7-16(21)8-5-14/h4-11,17H,12,22H2,1-3H3. The summed E-state index contributed by atoms with van der Waals surface area (Å²) in [6, 6.07) is 14.5. The predicted molar refractivity (Wildman–Crippen MR) is 97.2 cm³/mol. The molecule has 25 heavy (non-hydrogen) atoms. The van der Waals surface area contributed by atoms with Gasteiger partial charge in [-0.2, -0.15) is 5.10 Å². The van der Waals surface area contributed by atoms with Crippen LogP contribution < -0.4 is 10.5 Å². The highest BCUT2D eigenvalue weighted by Crippen LogP contribution is 2.30. The molecule has 0 saturated carbocycles. The quantitative estimate of drug-likeness (QED) is 0.772. The molecule has 0 spiro atoms. The van der Waals surface area contributed by atoms with Gasteiger partial charge in [-0.15, -0.1) is 0 Å². The summed E-state index contributed by atoms with van der Waals surface area (Å²) in [6.45, 7) is 2.48. The number of ether oxygens (including phenoxy) is 1. The number of hydrogen-bond acceptors (Lipinski definition) is 3. The van der Waals surface area contributed by atoms with Gasteiger partial charge in [0.25, 0.3) is 0 Å². The molecule has 130 valence electrons. The van der Waals surface area contributed by atoms with Crippen LogP contribution in [-0.2, 0) is 7.05 Å². The first-order valence-corrected chi connectivity index (χ1v) is 8.18. The summed E-state index contributed by atoms with van der Waals surface area (Å²) in [5.74, 6) is 0.626. The number of methoxy groups -OCH3 is 1. The number of rotatable bonds is 5. The third-order valence-corrected chi connectivity index (χ3v) is 4.47. The Morgan fingerprint density at radius 2 is 1.88 bits per heavy atom. The second-order valence-electron chi connectivity index (χ2n) is 6.10. The van der Waals surface area contributed by atoms with E-state index in [2.05, 4.69) is 11.2 Å². The first-order valence-electron chi connectivity index (χ1n) is 8.18. The normalized spacial score (nSPS) is 12.2. The highest BCUT2D eigenvalue weighted by Gasteiger charge is 2.19. The summed E-state index contributed by atoms with van der Waals surface area (Å²) < 4.78 is 20.3. The van der Waals surface area contributed by atoms with E-state index in [-0.39, 0.29) is 11.7 Å². The van der Waals surface area contributed by atoms with Gasteiger partial charge in [-0.25, -0.2) is 4.39 Å². The Balaban J connectivity index is 1.99. The minimum absolute atomic E-state index is 0.0244. The van der Waals surface area contributed by atoms with Crippen molar-refractivity contribution in [3.63, 3.8) is 0 Å². The second-order valence-corrected chi connectivity index (χ2v) is 6.10. The molecule has 0 aliphatic rings. The summed E-state index contributed by atoms with van der Waals surface area (Å²) in [5.41, 5.74) is 11.0. The van der Waals surface area contributed by atoms with E-state index >= 15 is 0 Å². The lowest BCUT2D eigenvalue weighted by molar-refractivity contribution is 0.411. The zero-order chi connectivity index (χ0) is 18.0. The van der Waals surface area contributed by atoms with Gasteiger partial charge in [-0.1, -0.05) is 12.1 Å². The SMILES string of the molecule is COc1ccc(C(CN)c2cc(-c3ccc(F)cc3)nn2C)cc1C. The molecular weight excluding hydrogens is 317 g/mol. The van der Waals surface area contributed by atoms with Crippen molar-refractivity contribution in [2.45, 2.75) is 12.8 Å². The van der Waals surface area contributed by atoms with Crippen LogP contribution in [0.3, 0.4) is 0 Å². The summed E-state index contributed by atoms with van der Waals surface area (Å²) in [5, 5.41) is 4.58. The average molecular weight is 339 g/mol. The van der Waals surface area contributed by atoms with Crippen LogP contribution in [0.15, 0.2) is 48.5 Å². The van der Waals surface area contributed by atoms with Crippen LogP contribution in [-0.4, -0.2) is 23.4 Å². The molecule has 1 heterocycles. The maximum atomic E-state index is 13.1. The number of halogens is 1. The van der Waals surface area contributed by atoms with E-state index in [4.69, 9.17) is 10.5 Å². The summed E-state index contributed by atoms with van der Waals surface area (Å²) in [4.78, 5) is 0. The second kappa shape index (κ2) is 7.07. The minimum atomic E-state index is -0.256. The number of hydrogen-bond donors (Lipinski definition) is 1. The minimum Gasteiger partial charge on any atom is -0.496 e. The lowest BCUT2D eigenvalue weighted by atomic mass is 9.93. The zero-order valence-corrected chi connectivity index (χ0v) is 14.7. The molecule has 3 rings (SSSR count). The summed E-state index contributed by atoms with van der Waals surface area (Å²) >= 11 is 0. The number of aromatic nitrogens is 2. The number of benzene rings is 2. The van der Waals surface area contributed by atoms with E-state index in [0.717, 1.165) is 33.8 Å². The van der Waals surface area contributed by atoms with Crippen molar-refractivity contribution in [3.8, 4) is 17.0 Å². The Morgan fingerprint density at radius 1 is 1.16 bits per heavy atom. The van der Waals surface area contributed by atoms with E-state index in [1.807, 2.05) is 36.9 Å². The van der Waals surface area contributed by atoms with Gasteiger partial charge < -0.3 is 10.5 Å². The summed E-state index contributed by atoms with van der Waals surface area (Å²) in [7, 11) is 3.57. The third kappa shape index (κ3) is 3.42. The van der Waals surface area contributed by atoms with E-state index in [1.165, 1.54) is 12.1 Å². The zero-order valence-electron chi connectivity index (χ0n) is 14.7. The molecule has 0 aliphatic carbocycles. The van der Waals surface area contributed by atoms with Gasteiger partial charge in [0.2, 0.25) is 0 Å². The van der Waals surface area contributed by atoms with Gasteiger partial charge in [0.15, 0.2) is 0 Å². The molecule has 1 atom stereocenters. The maximum Gasteiger partial charge on any atom is 0.123 e. The van der Waals surface area contributed by atoms with Crippen molar-refractivity contribution in [1.29, 1.82) is 0 Å². The highest BCUT2D eigenvalue weighted by atomic mass is 19.1. The van der Waals surface area contributed by atoms with Crippen LogP contribution in [0, 0.1) is 12.7 Å². The molecule has 0 radical (unpaired) electrons. The van der Waals surface area contributed by atoms with Gasteiger partial charge in [0.1, 0.15) is 11.6 Å². The molecule has 2 aromatic carbocycles. The largest absolute Gasteiger partial charge is 0.496 e. The molecule has 1 unspecified atom stereocenters. The average Bonchev–Trinajstić information content (AvgIpc) is 2.98. The molecular formula is C20H22FN3O. The molecule has 0 bridgehead atoms. The van der Waals surface area contributed by atoms with Crippen molar-refractivity contribution >= 4 is 0 Å². The molecule has 1 aromatic heterocycles. The summed E-state index contributed by atoms with van der Waals surface area (Å²) in [6.07, 6.45) is 0. The van der Waals surface area contributed by atoms with Crippen molar-refractivity contribution in [2.75, 3.05) is 13.7 Å². The van der Waals surface area contributed by atoms with E-state index in [1.54, 1.807) is 19.2 Å². The molecule has 0 saturated heterocycles. The van der Waals surface area contributed by atoms with Crippen LogP contribution in [0.25, 0.3) is 11.3 Å². The molecule has 4 nitrogen and oxygen atoms in total. The van der Waals surface area contributed by atoms with E-state index in [0.29, 0.717) is 6.54 Å². The lowest BCUT2D eigenvalue weighted by Gasteiger charge is -2.17. The van der Waals surface area contributed by atoms with Crippen molar-refractivity contribution in [3.05, 3.63) is 71.2 Å². The van der Waals surface area contributed by atoms with Crippen molar-refractivity contribution in [1.82, 2.24) is 9.78 Å². The fourth-order valence-electron chi connectivity index (χ4n) is 3.12. The molecule has 5 heteroatoms. The van der Waals surface area contributed by atoms with Gasteiger partial charge in [-0.3, -0.25) is 4.68 Å². The Hall–Kier alpha value is -2.66. The van der Waals surface area contributed by atoms with Crippen molar-refractivity contribution < 1.29 is 9.13 Å². The Kier molecular flexibility index (Phi) is 4.86. The third-order valence-electron chi connectivity index (χ3n) is 4.47. The molecule has 3 aromatic rings. The maximum absolute atomic E-state index is 13.1. The van der Waals surface area contributed by atoms with Gasteiger partial charge >= 0.3 is 0 Å². The first-order chi connectivity index (χ1) is 12.0. The van der Waals surface area contributed by atoms with Gasteiger partial charge in [-0.05, 0) is 54.4 Å². The van der Waals surface area contributed by atoms with Crippen LogP contribution in [0.1, 0.15) is 22.7 Å². The number of aryl methyl sites for hydroxylation is 2. The molecule has 2 N–H and O–H groups in total. The number of nitrogens with two attached hydrogens (primary N) is 1. The molecule has 0 fully saturated rings. The molecule has 0 amide bonds. The Labute approximate surface area is 147 Å². The predicted octanol–water partition coefficient (Wildman–Crippen LogP) is 3.63. The Morgan fingerprint density at radius 3 is 2.48 bits per heavy atom. The van der Waals surface area contributed by atoms with Crippen LogP contribution >= 0.6 is 0 Å². The fraction of sp³-hybridized carbons (Fsp3) is 0.250. The smallest absolute Gasteiger partial charge is 0.123 e. The fourth-order valence-corrected chi connectivity index (χ4v) is 3.12. The topological polar surface area (TPSA) is 53.1 Å². The van der Waals surface area contributed by atoms with Crippen LogP contribution in [0.2, 0.25) is 0 Å².